The third-order valence-corrected chi connectivity index (χ3v) is 11.6. The molecule has 0 aliphatic carbocycles. The monoisotopic (exact) mass is 1180 g/mol. The van der Waals surface area contributed by atoms with Crippen molar-refractivity contribution in [3.05, 3.63) is 176 Å². The second kappa shape index (κ2) is 32.1. The van der Waals surface area contributed by atoms with Crippen LogP contribution >= 0.6 is 109 Å². The minimum absolute atomic E-state index is 0. The van der Waals surface area contributed by atoms with Crippen molar-refractivity contribution in [3.8, 4) is 17.2 Å². The molecular formula is C51H59Cl9FN9O3. The molecule has 0 spiro atoms. The normalized spacial score (nSPS) is 15.2. The molecule has 0 saturated heterocycles. The van der Waals surface area contributed by atoms with Gasteiger partial charge in [0.15, 0.2) is 18.3 Å². The minimum Gasteiger partial charge on any atom is -0.481 e. The lowest BCUT2D eigenvalue weighted by Gasteiger charge is -2.21. The summed E-state index contributed by atoms with van der Waals surface area (Å²) in [7, 11) is 0. The first kappa shape index (κ1) is 66.6. The van der Waals surface area contributed by atoms with E-state index in [1.165, 1.54) is 11.6 Å². The summed E-state index contributed by atoms with van der Waals surface area (Å²) in [6, 6.07) is 38.0. The molecule has 12 nitrogen and oxygen atoms in total. The van der Waals surface area contributed by atoms with E-state index in [0.29, 0.717) is 52.6 Å². The number of nitrogens with one attached hydrogen (secondary N) is 3. The molecule has 0 fully saturated rings. The van der Waals surface area contributed by atoms with Crippen LogP contribution in [0.2, 0.25) is 15.1 Å². The van der Waals surface area contributed by atoms with Crippen molar-refractivity contribution < 1.29 is 18.6 Å². The van der Waals surface area contributed by atoms with Gasteiger partial charge in [0.25, 0.3) is 0 Å². The lowest BCUT2D eigenvalue weighted by Crippen LogP contribution is -2.33. The van der Waals surface area contributed by atoms with Gasteiger partial charge in [-0.25, -0.2) is 19.4 Å². The molecule has 3 aliphatic heterocycles. The van der Waals surface area contributed by atoms with Gasteiger partial charge >= 0.3 is 0 Å². The molecule has 6 aromatic carbocycles. The average Bonchev–Trinajstić information content (AvgIpc) is 3.30. The number of halogens is 10. The summed E-state index contributed by atoms with van der Waals surface area (Å²) in [6.07, 6.45) is -0.546. The average molecular weight is 1180 g/mol. The van der Waals surface area contributed by atoms with Gasteiger partial charge in [-0.1, -0.05) is 83.3 Å². The highest BCUT2D eigenvalue weighted by Crippen LogP contribution is 2.35. The first-order chi connectivity index (χ1) is 32.3. The standard InChI is InChI=1S/C17H17ClFN3O.2C17H18ClN3O.6ClH/c1-10-17(20)22-15-7-11(5-6-16(15)23-10)8-21-9-12-13(18)3-2-4-14(12)19;1-11-17(19)21-15-8-13(4-7-16(15)22-11)10-20-9-12-2-5-14(18)6-3-12;1-11-17(19)21-15-8-13(5-6-16(15)22-11)10-20-9-12-3-2-4-14(18)7-12;;;;;;/h2-7,10,21H,8-9H2,1H3,(H2,20,22);2*2-8,11,20H,9-10H2,1H3,(H2,19,21);6*1H. The van der Waals surface area contributed by atoms with Gasteiger partial charge in [-0.3, -0.25) is 0 Å². The second-order valence-corrected chi connectivity index (χ2v) is 17.3. The number of nitrogens with two attached hydrogens (primary N) is 3. The smallest absolute Gasteiger partial charge is 0.153 e. The van der Waals surface area contributed by atoms with E-state index in [2.05, 4.69) is 30.9 Å². The van der Waals surface area contributed by atoms with Crippen LogP contribution in [0, 0.1) is 5.82 Å². The largest absolute Gasteiger partial charge is 0.481 e. The number of rotatable bonds is 12. The maximum atomic E-state index is 13.7. The molecule has 3 atom stereocenters. The van der Waals surface area contributed by atoms with Crippen molar-refractivity contribution in [2.45, 2.75) is 78.4 Å². The molecule has 6 aromatic rings. The van der Waals surface area contributed by atoms with Crippen LogP contribution in [0.3, 0.4) is 0 Å². The Morgan fingerprint density at radius 1 is 0.438 bits per heavy atom. The van der Waals surface area contributed by atoms with Crippen molar-refractivity contribution >= 4 is 144 Å². The predicted octanol–water partition coefficient (Wildman–Crippen LogP) is 12.9. The van der Waals surface area contributed by atoms with Crippen molar-refractivity contribution in [2.75, 3.05) is 0 Å². The summed E-state index contributed by atoms with van der Waals surface area (Å²) in [5.74, 6) is 3.45. The maximum Gasteiger partial charge on any atom is 0.153 e. The third kappa shape index (κ3) is 19.3. The van der Waals surface area contributed by atoms with Crippen LogP contribution < -0.4 is 47.4 Å². The number of amidine groups is 3. The van der Waals surface area contributed by atoms with Gasteiger partial charge in [0.2, 0.25) is 0 Å². The van der Waals surface area contributed by atoms with Gasteiger partial charge < -0.3 is 47.4 Å². The van der Waals surface area contributed by atoms with E-state index >= 15 is 0 Å². The molecule has 0 saturated carbocycles. The Hall–Kier alpha value is -4.45. The molecule has 9 rings (SSSR count). The molecule has 396 valence electrons. The fourth-order valence-electron chi connectivity index (χ4n) is 7.01. The summed E-state index contributed by atoms with van der Waals surface area (Å²) in [4.78, 5) is 13.1. The number of fused-ring (bicyclic) bond motifs is 3. The molecule has 0 amide bonds. The van der Waals surface area contributed by atoms with Gasteiger partial charge in [-0.15, -0.1) is 74.4 Å². The van der Waals surface area contributed by atoms with Gasteiger partial charge in [-0.2, -0.15) is 0 Å². The van der Waals surface area contributed by atoms with Crippen LogP contribution in [0.4, 0.5) is 21.5 Å². The van der Waals surface area contributed by atoms with E-state index in [0.717, 1.165) is 81.4 Å². The molecule has 3 unspecified atom stereocenters. The summed E-state index contributed by atoms with van der Waals surface area (Å²) < 4.78 is 30.8. The summed E-state index contributed by atoms with van der Waals surface area (Å²) in [6.45, 7) is 9.58. The van der Waals surface area contributed by atoms with E-state index in [1.807, 2.05) is 124 Å². The Bertz CT molecular complexity index is 2770. The molecule has 73 heavy (non-hydrogen) atoms. The molecule has 0 radical (unpaired) electrons. The van der Waals surface area contributed by atoms with Crippen LogP contribution in [-0.2, 0) is 39.3 Å². The first-order valence-electron chi connectivity index (χ1n) is 21.7. The van der Waals surface area contributed by atoms with Crippen molar-refractivity contribution in [3.63, 3.8) is 0 Å². The number of ether oxygens (including phenoxy) is 3. The van der Waals surface area contributed by atoms with Crippen molar-refractivity contribution in [1.29, 1.82) is 0 Å². The van der Waals surface area contributed by atoms with Crippen LogP contribution in [-0.4, -0.2) is 35.8 Å². The number of aliphatic imine (C=N–C) groups is 3. The van der Waals surface area contributed by atoms with E-state index in [-0.39, 0.29) is 98.6 Å². The highest BCUT2D eigenvalue weighted by Gasteiger charge is 2.20. The summed E-state index contributed by atoms with van der Waals surface area (Å²) in [5.41, 5.74) is 25.9. The van der Waals surface area contributed by atoms with Crippen LogP contribution in [0.15, 0.2) is 136 Å². The predicted molar refractivity (Wildman–Crippen MR) is 313 cm³/mol. The van der Waals surface area contributed by atoms with Crippen LogP contribution in [0.25, 0.3) is 0 Å². The number of hydrogen-bond donors (Lipinski definition) is 6. The Morgan fingerprint density at radius 2 is 0.795 bits per heavy atom. The SMILES string of the molecule is CC1Oc2ccc(CNCc3c(F)cccc3Cl)cc2N=C1N.CC1Oc2ccc(CNCc3ccc(Cl)cc3)cc2N=C1N.CC1Oc2ccc(CNCc3cccc(Cl)c3)cc2N=C1N.Cl.Cl.Cl.Cl.Cl.Cl. The molecule has 9 N–H and O–H groups in total. The Kier molecular flexibility index (Phi) is 29.3. The number of benzene rings is 6. The zero-order valence-corrected chi connectivity index (χ0v) is 46.9. The first-order valence-corrected chi connectivity index (χ1v) is 22.9. The van der Waals surface area contributed by atoms with Crippen molar-refractivity contribution in [1.82, 2.24) is 16.0 Å². The highest BCUT2D eigenvalue weighted by molar-refractivity contribution is 6.31. The topological polar surface area (TPSA) is 179 Å². The van der Waals surface area contributed by atoms with E-state index in [1.54, 1.807) is 12.1 Å². The molecule has 3 aliphatic rings. The highest BCUT2D eigenvalue weighted by atomic mass is 35.5. The molecular weight excluding hydrogens is 1120 g/mol. The van der Waals surface area contributed by atoms with Gasteiger partial charge in [0, 0.05) is 59.9 Å². The fraction of sp³-hybridized carbons (Fsp3) is 0.235. The van der Waals surface area contributed by atoms with E-state index in [9.17, 15) is 4.39 Å². The van der Waals surface area contributed by atoms with Crippen LogP contribution in [0.1, 0.15) is 54.2 Å². The Labute approximate surface area is 478 Å². The van der Waals surface area contributed by atoms with Gasteiger partial charge in [-0.05, 0) is 121 Å². The zero-order chi connectivity index (χ0) is 47.5. The fourth-order valence-corrected chi connectivity index (χ4v) is 7.58. The molecule has 0 aromatic heterocycles. The van der Waals surface area contributed by atoms with Crippen molar-refractivity contribution in [2.24, 2.45) is 32.2 Å². The summed E-state index contributed by atoms with van der Waals surface area (Å²) in [5, 5.41) is 11.9. The van der Waals surface area contributed by atoms with Crippen LogP contribution in [0.5, 0.6) is 17.2 Å². The maximum absolute atomic E-state index is 13.7. The molecule has 3 heterocycles. The molecule has 22 heteroatoms. The lowest BCUT2D eigenvalue weighted by molar-refractivity contribution is 0.281. The quantitative estimate of drug-likeness (QED) is 0.0696. The third-order valence-electron chi connectivity index (χ3n) is 10.8. The zero-order valence-electron chi connectivity index (χ0n) is 39.8. The van der Waals surface area contributed by atoms with Gasteiger partial charge in [0.1, 0.15) is 57.6 Å². The minimum atomic E-state index is -0.310. The lowest BCUT2D eigenvalue weighted by atomic mass is 10.1. The van der Waals surface area contributed by atoms with Gasteiger partial charge in [0.05, 0.1) is 0 Å². The Balaban J connectivity index is 0.000000526. The second-order valence-electron chi connectivity index (χ2n) is 16.1. The Morgan fingerprint density at radius 3 is 1.19 bits per heavy atom. The number of hydrogen-bond acceptors (Lipinski definition) is 12. The molecule has 0 bridgehead atoms. The number of nitrogens with zero attached hydrogens (tertiary/aromatic N) is 3. The van der Waals surface area contributed by atoms with E-state index < -0.39 is 0 Å². The summed E-state index contributed by atoms with van der Waals surface area (Å²) >= 11 is 17.9. The van der Waals surface area contributed by atoms with E-state index in [4.69, 9.17) is 66.2 Å².